The van der Waals surface area contributed by atoms with E-state index in [4.69, 9.17) is 9.47 Å². The van der Waals surface area contributed by atoms with Crippen molar-refractivity contribution in [1.29, 1.82) is 0 Å². The minimum atomic E-state index is -0.570. The van der Waals surface area contributed by atoms with Gasteiger partial charge in [-0.25, -0.2) is 0 Å². The molecule has 0 aromatic heterocycles. The summed E-state index contributed by atoms with van der Waals surface area (Å²) in [6.07, 6.45) is 2.73. The number of rotatable bonds is 9. The van der Waals surface area contributed by atoms with Crippen LogP contribution in [0.25, 0.3) is 0 Å². The maximum Gasteiger partial charge on any atom is 0.311 e. The van der Waals surface area contributed by atoms with Crippen molar-refractivity contribution in [2.75, 3.05) is 38.0 Å². The predicted molar refractivity (Wildman–Crippen MR) is 119 cm³/mol. The molecule has 2 aromatic carbocycles. The van der Waals surface area contributed by atoms with Gasteiger partial charge in [0.05, 0.1) is 13.0 Å². The summed E-state index contributed by atoms with van der Waals surface area (Å²) in [5, 5.41) is 2.73. The van der Waals surface area contributed by atoms with Gasteiger partial charge in [-0.3, -0.25) is 14.4 Å². The van der Waals surface area contributed by atoms with Crippen molar-refractivity contribution < 1.29 is 23.9 Å². The van der Waals surface area contributed by atoms with Gasteiger partial charge in [0.1, 0.15) is 5.75 Å². The van der Waals surface area contributed by atoms with Crippen LogP contribution in [-0.4, -0.2) is 50.8 Å². The standard InChI is InChI=1S/C23H26N2O5S/c1-29-19-7-3-16(4-8-19)11-12-24-21(26)15-30-23(28)17-13-22(27)25(14-17)18-5-9-20(31-2)10-6-18/h3-10,17H,11-15H2,1-2H3,(H,24,26). The van der Waals surface area contributed by atoms with Crippen LogP contribution in [0.2, 0.25) is 0 Å². The molecular formula is C23H26N2O5S. The monoisotopic (exact) mass is 442 g/mol. The van der Waals surface area contributed by atoms with E-state index in [1.54, 1.807) is 23.8 Å². The van der Waals surface area contributed by atoms with Gasteiger partial charge in [0.2, 0.25) is 5.91 Å². The average Bonchev–Trinajstić information content (AvgIpc) is 3.19. The SMILES string of the molecule is COc1ccc(CCNC(=O)COC(=O)C2CC(=O)N(c3ccc(SC)cc3)C2)cc1. The van der Waals surface area contributed by atoms with Crippen molar-refractivity contribution >= 4 is 35.2 Å². The number of nitrogens with zero attached hydrogens (tertiary/aromatic N) is 1. The van der Waals surface area contributed by atoms with Crippen molar-refractivity contribution in [1.82, 2.24) is 5.32 Å². The van der Waals surface area contributed by atoms with Crippen molar-refractivity contribution in [2.45, 2.75) is 17.7 Å². The molecule has 1 unspecified atom stereocenters. The molecule has 8 heteroatoms. The summed E-state index contributed by atoms with van der Waals surface area (Å²) in [6.45, 7) is 0.342. The Labute approximate surface area is 186 Å². The normalized spacial score (nSPS) is 15.6. The van der Waals surface area contributed by atoms with Crippen molar-refractivity contribution in [3.63, 3.8) is 0 Å². The maximum absolute atomic E-state index is 12.3. The molecule has 0 radical (unpaired) electrons. The largest absolute Gasteiger partial charge is 0.497 e. The lowest BCUT2D eigenvalue weighted by atomic mass is 10.1. The summed E-state index contributed by atoms with van der Waals surface area (Å²) in [5.41, 5.74) is 1.82. The van der Waals surface area contributed by atoms with E-state index in [9.17, 15) is 14.4 Å². The van der Waals surface area contributed by atoms with Crippen LogP contribution >= 0.6 is 11.8 Å². The van der Waals surface area contributed by atoms with Gasteiger partial charge in [0.15, 0.2) is 6.61 Å². The number of esters is 1. The summed E-state index contributed by atoms with van der Waals surface area (Å²) >= 11 is 1.62. The minimum absolute atomic E-state index is 0.0855. The van der Waals surface area contributed by atoms with Gasteiger partial charge in [0, 0.05) is 30.1 Å². The van der Waals surface area contributed by atoms with E-state index in [0.29, 0.717) is 13.0 Å². The van der Waals surface area contributed by atoms with Gasteiger partial charge in [-0.15, -0.1) is 11.8 Å². The van der Waals surface area contributed by atoms with Gasteiger partial charge >= 0.3 is 5.97 Å². The Morgan fingerprint density at radius 3 is 2.48 bits per heavy atom. The second kappa shape index (κ2) is 10.9. The number of hydrogen-bond acceptors (Lipinski definition) is 6. The van der Waals surface area contributed by atoms with Gasteiger partial charge in [0.25, 0.3) is 5.91 Å². The van der Waals surface area contributed by atoms with E-state index >= 15 is 0 Å². The molecule has 2 aromatic rings. The van der Waals surface area contributed by atoms with Crippen LogP contribution in [0.15, 0.2) is 53.4 Å². The molecule has 1 atom stereocenters. The smallest absolute Gasteiger partial charge is 0.311 e. The summed E-state index contributed by atoms with van der Waals surface area (Å²) < 4.78 is 10.3. The van der Waals surface area contributed by atoms with Gasteiger partial charge < -0.3 is 19.7 Å². The first kappa shape index (κ1) is 22.7. The number of hydrogen-bond donors (Lipinski definition) is 1. The number of anilines is 1. The zero-order valence-electron chi connectivity index (χ0n) is 17.6. The van der Waals surface area contributed by atoms with Crippen LogP contribution in [0.5, 0.6) is 5.75 Å². The number of nitrogens with one attached hydrogen (secondary N) is 1. The number of thioether (sulfide) groups is 1. The van der Waals surface area contributed by atoms with E-state index in [-0.39, 0.29) is 31.4 Å². The lowest BCUT2D eigenvalue weighted by Gasteiger charge is -2.16. The van der Waals surface area contributed by atoms with Crippen LogP contribution in [0.1, 0.15) is 12.0 Å². The summed E-state index contributed by atoms with van der Waals surface area (Å²) in [6, 6.07) is 15.2. The summed E-state index contributed by atoms with van der Waals surface area (Å²) in [4.78, 5) is 39.3. The van der Waals surface area contributed by atoms with Gasteiger partial charge in [-0.05, 0) is 54.6 Å². The Hall–Kier alpha value is -3.00. The van der Waals surface area contributed by atoms with Gasteiger partial charge in [-0.2, -0.15) is 0 Å². The molecule has 31 heavy (non-hydrogen) atoms. The number of amides is 2. The Kier molecular flexibility index (Phi) is 7.94. The highest BCUT2D eigenvalue weighted by atomic mass is 32.2. The molecule has 1 N–H and O–H groups in total. The number of carbonyl (C=O) groups excluding carboxylic acids is 3. The Balaban J connectivity index is 1.40. The Bertz CT molecular complexity index is 915. The molecule has 0 bridgehead atoms. The van der Waals surface area contributed by atoms with Crippen LogP contribution in [0.4, 0.5) is 5.69 Å². The van der Waals surface area contributed by atoms with Crippen LogP contribution in [0, 0.1) is 5.92 Å². The molecular weight excluding hydrogens is 416 g/mol. The molecule has 0 aliphatic carbocycles. The zero-order chi connectivity index (χ0) is 22.2. The van der Waals surface area contributed by atoms with E-state index in [1.807, 2.05) is 54.8 Å². The minimum Gasteiger partial charge on any atom is -0.497 e. The molecule has 2 amide bonds. The van der Waals surface area contributed by atoms with Crippen LogP contribution in [0.3, 0.4) is 0 Å². The molecule has 0 saturated carbocycles. The summed E-state index contributed by atoms with van der Waals surface area (Å²) in [5.74, 6) is -0.805. The zero-order valence-corrected chi connectivity index (χ0v) is 18.4. The first-order valence-electron chi connectivity index (χ1n) is 10.0. The average molecular weight is 443 g/mol. The third kappa shape index (κ3) is 6.24. The molecule has 1 aliphatic rings. The van der Waals surface area contributed by atoms with Crippen molar-refractivity contribution in [3.05, 3.63) is 54.1 Å². The number of methoxy groups -OCH3 is 1. The fourth-order valence-corrected chi connectivity index (χ4v) is 3.73. The Morgan fingerprint density at radius 1 is 1.13 bits per heavy atom. The number of carbonyl (C=O) groups is 3. The molecule has 1 heterocycles. The number of ether oxygens (including phenoxy) is 2. The van der Waals surface area contributed by atoms with Crippen LogP contribution in [-0.2, 0) is 25.5 Å². The molecule has 0 spiro atoms. The molecule has 1 fully saturated rings. The second-order valence-corrected chi connectivity index (χ2v) is 8.04. The maximum atomic E-state index is 12.3. The third-order valence-electron chi connectivity index (χ3n) is 5.08. The Morgan fingerprint density at radius 2 is 1.84 bits per heavy atom. The lowest BCUT2D eigenvalue weighted by Crippen LogP contribution is -2.32. The first-order chi connectivity index (χ1) is 15.0. The van der Waals surface area contributed by atoms with Crippen molar-refractivity contribution in [2.24, 2.45) is 5.92 Å². The molecule has 1 aliphatic heterocycles. The highest BCUT2D eigenvalue weighted by molar-refractivity contribution is 7.98. The second-order valence-electron chi connectivity index (χ2n) is 7.16. The summed E-state index contributed by atoms with van der Waals surface area (Å²) in [7, 11) is 1.61. The first-order valence-corrected chi connectivity index (χ1v) is 11.2. The topological polar surface area (TPSA) is 84.9 Å². The van der Waals surface area contributed by atoms with Crippen LogP contribution < -0.4 is 15.0 Å². The quantitative estimate of drug-likeness (QED) is 0.475. The molecule has 1 saturated heterocycles. The highest BCUT2D eigenvalue weighted by Gasteiger charge is 2.36. The van der Waals surface area contributed by atoms with Gasteiger partial charge in [-0.1, -0.05) is 12.1 Å². The van der Waals surface area contributed by atoms with E-state index < -0.39 is 11.9 Å². The fourth-order valence-electron chi connectivity index (χ4n) is 3.32. The molecule has 3 rings (SSSR count). The predicted octanol–water partition coefficient (Wildman–Crippen LogP) is 2.67. The molecule has 164 valence electrons. The van der Waals surface area contributed by atoms with E-state index in [0.717, 1.165) is 21.9 Å². The highest BCUT2D eigenvalue weighted by Crippen LogP contribution is 2.27. The van der Waals surface area contributed by atoms with Crippen molar-refractivity contribution in [3.8, 4) is 5.75 Å². The van der Waals surface area contributed by atoms with E-state index in [1.165, 1.54) is 0 Å². The lowest BCUT2D eigenvalue weighted by molar-refractivity contribution is -0.152. The number of benzene rings is 2. The fraction of sp³-hybridized carbons (Fsp3) is 0.348. The third-order valence-corrected chi connectivity index (χ3v) is 5.83. The molecule has 7 nitrogen and oxygen atoms in total. The van der Waals surface area contributed by atoms with E-state index in [2.05, 4.69) is 5.32 Å².